The van der Waals surface area contributed by atoms with Gasteiger partial charge in [0.1, 0.15) is 11.6 Å². The molecule has 0 radical (unpaired) electrons. The van der Waals surface area contributed by atoms with Crippen LogP contribution >= 0.6 is 0 Å². The quantitative estimate of drug-likeness (QED) is 0.849. The topological polar surface area (TPSA) is 29.1 Å². The summed E-state index contributed by atoms with van der Waals surface area (Å²) in [6.45, 7) is 0.967. The third kappa shape index (κ3) is 3.63. The molecule has 92 valence electrons. The maximum atomic E-state index is 12.7. The fraction of sp³-hybridized carbons (Fsp3) is 0.500. The van der Waals surface area contributed by atoms with Crippen LogP contribution in [-0.4, -0.2) is 18.4 Å². The van der Waals surface area contributed by atoms with E-state index in [9.17, 15) is 9.18 Å². The van der Waals surface area contributed by atoms with Gasteiger partial charge in [-0.05, 0) is 49.9 Å². The van der Waals surface area contributed by atoms with Crippen molar-refractivity contribution in [3.05, 3.63) is 35.6 Å². The molecule has 1 aromatic rings. The number of halogens is 1. The van der Waals surface area contributed by atoms with Crippen LogP contribution in [0.15, 0.2) is 24.3 Å². The third-order valence-electron chi connectivity index (χ3n) is 3.25. The van der Waals surface area contributed by atoms with Crippen LogP contribution < -0.4 is 5.32 Å². The van der Waals surface area contributed by atoms with Gasteiger partial charge in [-0.2, -0.15) is 0 Å². The van der Waals surface area contributed by atoms with Gasteiger partial charge in [0, 0.05) is 6.42 Å². The first-order valence-corrected chi connectivity index (χ1v) is 6.26. The molecule has 1 heterocycles. The van der Waals surface area contributed by atoms with Gasteiger partial charge in [-0.25, -0.2) is 4.39 Å². The lowest BCUT2D eigenvalue weighted by Crippen LogP contribution is -2.30. The summed E-state index contributed by atoms with van der Waals surface area (Å²) in [5, 5.41) is 3.21. The molecule has 1 aliphatic heterocycles. The van der Waals surface area contributed by atoms with Crippen LogP contribution in [0.4, 0.5) is 4.39 Å². The summed E-state index contributed by atoms with van der Waals surface area (Å²) < 4.78 is 12.7. The van der Waals surface area contributed by atoms with Crippen molar-refractivity contribution in [1.29, 1.82) is 0 Å². The van der Waals surface area contributed by atoms with Crippen molar-refractivity contribution in [1.82, 2.24) is 5.32 Å². The van der Waals surface area contributed by atoms with Crippen LogP contribution in [0.25, 0.3) is 0 Å². The van der Waals surface area contributed by atoms with Gasteiger partial charge in [0.2, 0.25) is 0 Å². The van der Waals surface area contributed by atoms with Crippen molar-refractivity contribution in [3.63, 3.8) is 0 Å². The molecule has 17 heavy (non-hydrogen) atoms. The molecule has 3 heteroatoms. The number of carbonyl (C=O) groups is 1. The monoisotopic (exact) mass is 235 g/mol. The number of Topliss-reactive ketones (excluding diaryl/α,β-unsaturated/α-hetero) is 1. The average molecular weight is 235 g/mol. The Bertz CT molecular complexity index is 368. The van der Waals surface area contributed by atoms with E-state index >= 15 is 0 Å². The summed E-state index contributed by atoms with van der Waals surface area (Å²) in [6.07, 6.45) is 4.40. The Labute approximate surface area is 101 Å². The lowest BCUT2D eigenvalue weighted by atomic mass is 10.0. The molecule has 2 rings (SSSR count). The maximum Gasteiger partial charge on any atom is 0.149 e. The van der Waals surface area contributed by atoms with E-state index in [1.165, 1.54) is 12.1 Å². The number of aryl methyl sites for hydroxylation is 1. The van der Waals surface area contributed by atoms with E-state index in [0.717, 1.165) is 37.8 Å². The smallest absolute Gasteiger partial charge is 0.149 e. The van der Waals surface area contributed by atoms with Crippen molar-refractivity contribution in [2.24, 2.45) is 0 Å². The molecule has 0 aromatic heterocycles. The number of hydrogen-bond donors (Lipinski definition) is 1. The first-order valence-electron chi connectivity index (χ1n) is 6.26. The minimum absolute atomic E-state index is 0.0863. The van der Waals surface area contributed by atoms with E-state index in [4.69, 9.17) is 0 Å². The second kappa shape index (κ2) is 5.92. The number of nitrogens with one attached hydrogen (secondary N) is 1. The van der Waals surface area contributed by atoms with Crippen LogP contribution in [0.3, 0.4) is 0 Å². The zero-order chi connectivity index (χ0) is 12.1. The highest BCUT2D eigenvalue weighted by Gasteiger charge is 2.20. The highest BCUT2D eigenvalue weighted by Crippen LogP contribution is 2.11. The molecule has 2 nitrogen and oxygen atoms in total. The molecular weight excluding hydrogens is 217 g/mol. The second-order valence-corrected chi connectivity index (χ2v) is 4.60. The van der Waals surface area contributed by atoms with Crippen LogP contribution in [0.1, 0.15) is 31.2 Å². The number of carbonyl (C=O) groups excluding carboxylic acids is 1. The van der Waals surface area contributed by atoms with Gasteiger partial charge in [0.05, 0.1) is 6.04 Å². The Morgan fingerprint density at radius 2 is 2.12 bits per heavy atom. The van der Waals surface area contributed by atoms with Crippen molar-refractivity contribution in [2.75, 3.05) is 6.54 Å². The molecule has 0 spiro atoms. The fourth-order valence-corrected chi connectivity index (χ4v) is 2.25. The third-order valence-corrected chi connectivity index (χ3v) is 3.25. The lowest BCUT2D eigenvalue weighted by Gasteiger charge is -2.08. The molecule has 1 aliphatic rings. The molecule has 1 aromatic carbocycles. The normalized spacial score (nSPS) is 19.5. The highest BCUT2D eigenvalue weighted by molar-refractivity contribution is 5.84. The first-order chi connectivity index (χ1) is 8.25. The van der Waals surface area contributed by atoms with E-state index in [-0.39, 0.29) is 11.9 Å². The molecule has 1 fully saturated rings. The molecule has 1 saturated heterocycles. The molecule has 1 N–H and O–H groups in total. The minimum atomic E-state index is -0.208. The van der Waals surface area contributed by atoms with Crippen molar-refractivity contribution >= 4 is 5.78 Å². The zero-order valence-corrected chi connectivity index (χ0v) is 9.92. The highest BCUT2D eigenvalue weighted by atomic mass is 19.1. The number of hydrogen-bond acceptors (Lipinski definition) is 2. The van der Waals surface area contributed by atoms with E-state index < -0.39 is 0 Å². The second-order valence-electron chi connectivity index (χ2n) is 4.60. The number of rotatable bonds is 5. The van der Waals surface area contributed by atoms with Crippen LogP contribution in [0.2, 0.25) is 0 Å². The summed E-state index contributed by atoms with van der Waals surface area (Å²) >= 11 is 0. The summed E-state index contributed by atoms with van der Waals surface area (Å²) in [5.41, 5.74) is 1.10. The number of ketones is 1. The molecule has 0 saturated carbocycles. The van der Waals surface area contributed by atoms with E-state index in [1.807, 2.05) is 0 Å². The molecule has 1 atom stereocenters. The van der Waals surface area contributed by atoms with Gasteiger partial charge in [0.25, 0.3) is 0 Å². The fourth-order valence-electron chi connectivity index (χ4n) is 2.25. The molecule has 0 aliphatic carbocycles. The molecule has 0 bridgehead atoms. The minimum Gasteiger partial charge on any atom is -0.307 e. The number of benzene rings is 1. The Kier molecular flexibility index (Phi) is 4.26. The Morgan fingerprint density at radius 1 is 1.35 bits per heavy atom. The summed E-state index contributed by atoms with van der Waals surface area (Å²) in [6, 6.07) is 6.59. The van der Waals surface area contributed by atoms with E-state index in [0.29, 0.717) is 12.2 Å². The zero-order valence-electron chi connectivity index (χ0n) is 9.92. The average Bonchev–Trinajstić information content (AvgIpc) is 2.85. The van der Waals surface area contributed by atoms with Gasteiger partial charge in [-0.15, -0.1) is 0 Å². The molecule has 0 amide bonds. The van der Waals surface area contributed by atoms with Crippen LogP contribution in [0.5, 0.6) is 0 Å². The summed E-state index contributed by atoms with van der Waals surface area (Å²) in [4.78, 5) is 11.8. The van der Waals surface area contributed by atoms with Gasteiger partial charge < -0.3 is 5.32 Å². The Hall–Kier alpha value is -1.22. The lowest BCUT2D eigenvalue weighted by molar-refractivity contribution is -0.120. The van der Waals surface area contributed by atoms with Crippen LogP contribution in [-0.2, 0) is 11.2 Å². The van der Waals surface area contributed by atoms with Crippen molar-refractivity contribution < 1.29 is 9.18 Å². The van der Waals surface area contributed by atoms with Crippen molar-refractivity contribution in [2.45, 2.75) is 38.1 Å². The van der Waals surface area contributed by atoms with Gasteiger partial charge in [-0.3, -0.25) is 4.79 Å². The Morgan fingerprint density at radius 3 is 2.76 bits per heavy atom. The SMILES string of the molecule is O=C(CCCc1ccc(F)cc1)[C@@H]1CCCN1. The maximum absolute atomic E-state index is 12.7. The van der Waals surface area contributed by atoms with Gasteiger partial charge in [0.15, 0.2) is 0 Å². The van der Waals surface area contributed by atoms with Crippen molar-refractivity contribution in [3.8, 4) is 0 Å². The standard InChI is InChI=1S/C14H18FNO/c15-12-8-6-11(7-9-12)3-1-5-14(17)13-4-2-10-16-13/h6-9,13,16H,1-5,10H2/t13-/m0/s1. The van der Waals surface area contributed by atoms with Gasteiger partial charge in [-0.1, -0.05) is 12.1 Å². The predicted molar refractivity (Wildman–Crippen MR) is 65.4 cm³/mol. The predicted octanol–water partition coefficient (Wildman–Crippen LogP) is 2.47. The summed E-state index contributed by atoms with van der Waals surface area (Å²) in [7, 11) is 0. The Balaban J connectivity index is 1.72. The molecular formula is C14H18FNO. The first kappa shape index (κ1) is 12.2. The van der Waals surface area contributed by atoms with Crippen LogP contribution in [0, 0.1) is 5.82 Å². The van der Waals surface area contributed by atoms with E-state index in [1.54, 1.807) is 12.1 Å². The van der Waals surface area contributed by atoms with Gasteiger partial charge >= 0.3 is 0 Å². The summed E-state index contributed by atoms with van der Waals surface area (Å²) in [5.74, 6) is 0.115. The van der Waals surface area contributed by atoms with E-state index in [2.05, 4.69) is 5.32 Å². The molecule has 0 unspecified atom stereocenters. The largest absolute Gasteiger partial charge is 0.307 e.